The Hall–Kier alpha value is -1.82. The maximum atomic E-state index is 5.85. The summed E-state index contributed by atoms with van der Waals surface area (Å²) in [5, 5.41) is 3.67. The van der Waals surface area contributed by atoms with Crippen molar-refractivity contribution in [2.75, 3.05) is 24.3 Å². The maximum absolute atomic E-state index is 5.85. The number of thioether (sulfide) groups is 1. The number of nitrogens with zero attached hydrogens (tertiary/aromatic N) is 1. The lowest BCUT2D eigenvalue weighted by molar-refractivity contribution is 0.228. The van der Waals surface area contributed by atoms with Crippen LogP contribution in [0, 0.1) is 0 Å². The first-order valence-electron chi connectivity index (χ1n) is 5.91. The summed E-state index contributed by atoms with van der Waals surface area (Å²) in [5.74, 6) is 4.48. The van der Waals surface area contributed by atoms with Gasteiger partial charge in [0.1, 0.15) is 6.10 Å². The zero-order valence-corrected chi connectivity index (χ0v) is 11.3. The monoisotopic (exact) mass is 278 g/mol. The summed E-state index contributed by atoms with van der Waals surface area (Å²) < 4.78 is 16.3. The normalized spacial score (nSPS) is 15.0. The minimum Gasteiger partial charge on any atom is -0.493 e. The van der Waals surface area contributed by atoms with Gasteiger partial charge >= 0.3 is 0 Å². The molecule has 0 spiro atoms. The highest BCUT2D eigenvalue weighted by Crippen LogP contribution is 2.35. The van der Waals surface area contributed by atoms with Crippen LogP contribution in [-0.4, -0.2) is 29.9 Å². The van der Waals surface area contributed by atoms with Crippen molar-refractivity contribution in [3.63, 3.8) is 0 Å². The zero-order valence-electron chi connectivity index (χ0n) is 10.5. The molecule has 2 N–H and O–H groups in total. The van der Waals surface area contributed by atoms with Gasteiger partial charge in [-0.05, 0) is 18.2 Å². The molecule has 3 rings (SSSR count). The molecule has 5 nitrogen and oxygen atoms in total. The minimum absolute atomic E-state index is 0.283. The summed E-state index contributed by atoms with van der Waals surface area (Å²) in [7, 11) is 1.62. The van der Waals surface area contributed by atoms with Gasteiger partial charge in [-0.25, -0.2) is 0 Å². The second kappa shape index (κ2) is 5.05. The van der Waals surface area contributed by atoms with E-state index in [4.69, 9.17) is 19.7 Å². The molecule has 0 saturated carbocycles. The number of rotatable bonds is 4. The van der Waals surface area contributed by atoms with Crippen LogP contribution in [-0.2, 0) is 0 Å². The molecule has 0 radical (unpaired) electrons. The molecule has 1 aromatic heterocycles. The van der Waals surface area contributed by atoms with Crippen LogP contribution in [0.2, 0.25) is 0 Å². The number of nitrogens with two attached hydrogens (primary N) is 1. The Morgan fingerprint density at radius 2 is 2.16 bits per heavy atom. The third-order valence-corrected chi connectivity index (χ3v) is 4.09. The SMILES string of the molecule is COc1cc(-c2cc(N)no2)ccc1OC1CSC1. The average Bonchev–Trinajstić information content (AvgIpc) is 2.80. The number of hydrogen-bond donors (Lipinski definition) is 1. The summed E-state index contributed by atoms with van der Waals surface area (Å²) in [6, 6.07) is 7.33. The summed E-state index contributed by atoms with van der Waals surface area (Å²) in [5.41, 5.74) is 6.40. The van der Waals surface area contributed by atoms with E-state index in [1.54, 1.807) is 13.2 Å². The van der Waals surface area contributed by atoms with Crippen LogP contribution < -0.4 is 15.2 Å². The van der Waals surface area contributed by atoms with E-state index < -0.39 is 0 Å². The number of benzene rings is 1. The Morgan fingerprint density at radius 3 is 2.74 bits per heavy atom. The molecule has 0 amide bonds. The van der Waals surface area contributed by atoms with E-state index in [0.717, 1.165) is 22.8 Å². The fourth-order valence-electron chi connectivity index (χ4n) is 1.80. The van der Waals surface area contributed by atoms with Gasteiger partial charge in [0.2, 0.25) is 0 Å². The summed E-state index contributed by atoms with van der Waals surface area (Å²) in [4.78, 5) is 0. The third kappa shape index (κ3) is 2.49. The largest absolute Gasteiger partial charge is 0.493 e. The van der Waals surface area contributed by atoms with Crippen molar-refractivity contribution >= 4 is 17.6 Å². The lowest BCUT2D eigenvalue weighted by Gasteiger charge is -2.26. The number of hydrogen-bond acceptors (Lipinski definition) is 6. The van der Waals surface area contributed by atoms with Crippen molar-refractivity contribution in [1.29, 1.82) is 0 Å². The van der Waals surface area contributed by atoms with Crippen LogP contribution in [0.5, 0.6) is 11.5 Å². The molecule has 6 heteroatoms. The number of ether oxygens (including phenoxy) is 2. The molecule has 1 aliphatic heterocycles. The Bertz CT molecular complexity index is 581. The van der Waals surface area contributed by atoms with Crippen molar-refractivity contribution in [1.82, 2.24) is 5.16 Å². The van der Waals surface area contributed by atoms with Gasteiger partial charge in [-0.2, -0.15) is 11.8 Å². The lowest BCUT2D eigenvalue weighted by Crippen LogP contribution is -2.31. The van der Waals surface area contributed by atoms with Crippen molar-refractivity contribution in [2.45, 2.75) is 6.10 Å². The molecule has 1 aromatic carbocycles. The number of aromatic nitrogens is 1. The van der Waals surface area contributed by atoms with Crippen molar-refractivity contribution in [3.05, 3.63) is 24.3 Å². The Kier molecular flexibility index (Phi) is 3.25. The van der Waals surface area contributed by atoms with Crippen molar-refractivity contribution in [2.24, 2.45) is 0 Å². The minimum atomic E-state index is 0.283. The molecular weight excluding hydrogens is 264 g/mol. The first kappa shape index (κ1) is 12.2. The average molecular weight is 278 g/mol. The molecule has 19 heavy (non-hydrogen) atoms. The van der Waals surface area contributed by atoms with Gasteiger partial charge < -0.3 is 19.7 Å². The van der Waals surface area contributed by atoms with E-state index in [1.807, 2.05) is 30.0 Å². The second-order valence-corrected chi connectivity index (χ2v) is 5.33. The number of methoxy groups -OCH3 is 1. The fraction of sp³-hybridized carbons (Fsp3) is 0.308. The summed E-state index contributed by atoms with van der Waals surface area (Å²) in [6.45, 7) is 0. The van der Waals surface area contributed by atoms with Gasteiger partial charge in [-0.1, -0.05) is 5.16 Å². The number of nitrogen functional groups attached to an aromatic ring is 1. The predicted octanol–water partition coefficient (Wildman–Crippen LogP) is 2.43. The van der Waals surface area contributed by atoms with Crippen LogP contribution in [0.1, 0.15) is 0 Å². The number of anilines is 1. The fourth-order valence-corrected chi connectivity index (χ4v) is 2.37. The molecule has 0 atom stereocenters. The van der Waals surface area contributed by atoms with E-state index in [9.17, 15) is 0 Å². The third-order valence-electron chi connectivity index (χ3n) is 2.88. The van der Waals surface area contributed by atoms with E-state index in [1.165, 1.54) is 0 Å². The van der Waals surface area contributed by atoms with Crippen molar-refractivity contribution < 1.29 is 14.0 Å². The highest BCUT2D eigenvalue weighted by molar-refractivity contribution is 8.00. The molecule has 0 bridgehead atoms. The van der Waals surface area contributed by atoms with Crippen LogP contribution in [0.4, 0.5) is 5.82 Å². The molecule has 0 aliphatic carbocycles. The van der Waals surface area contributed by atoms with Gasteiger partial charge in [0.25, 0.3) is 0 Å². The van der Waals surface area contributed by atoms with Gasteiger partial charge in [-0.3, -0.25) is 0 Å². The highest BCUT2D eigenvalue weighted by Gasteiger charge is 2.21. The maximum Gasteiger partial charge on any atom is 0.169 e. The Morgan fingerprint density at radius 1 is 1.32 bits per heavy atom. The Labute approximate surface area is 115 Å². The second-order valence-electron chi connectivity index (χ2n) is 4.26. The topological polar surface area (TPSA) is 70.5 Å². The van der Waals surface area contributed by atoms with E-state index >= 15 is 0 Å². The van der Waals surface area contributed by atoms with Gasteiger partial charge in [0.05, 0.1) is 7.11 Å². The van der Waals surface area contributed by atoms with Gasteiger partial charge in [0, 0.05) is 23.1 Å². The molecular formula is C13H14N2O3S. The predicted molar refractivity (Wildman–Crippen MR) is 74.6 cm³/mol. The molecule has 1 aliphatic rings. The van der Waals surface area contributed by atoms with E-state index in [2.05, 4.69) is 5.16 Å². The van der Waals surface area contributed by atoms with Crippen LogP contribution >= 0.6 is 11.8 Å². The van der Waals surface area contributed by atoms with Crippen LogP contribution in [0.25, 0.3) is 11.3 Å². The quantitative estimate of drug-likeness (QED) is 0.926. The van der Waals surface area contributed by atoms with E-state index in [0.29, 0.717) is 17.3 Å². The Balaban J connectivity index is 1.87. The zero-order chi connectivity index (χ0) is 13.2. The lowest BCUT2D eigenvalue weighted by atomic mass is 10.1. The van der Waals surface area contributed by atoms with Crippen molar-refractivity contribution in [3.8, 4) is 22.8 Å². The molecule has 2 aromatic rings. The van der Waals surface area contributed by atoms with Crippen LogP contribution in [0.3, 0.4) is 0 Å². The first-order chi connectivity index (χ1) is 9.26. The summed E-state index contributed by atoms with van der Waals surface area (Å²) >= 11 is 1.88. The van der Waals surface area contributed by atoms with E-state index in [-0.39, 0.29) is 6.10 Å². The molecule has 1 saturated heterocycles. The smallest absolute Gasteiger partial charge is 0.169 e. The first-order valence-corrected chi connectivity index (χ1v) is 7.07. The summed E-state index contributed by atoms with van der Waals surface area (Å²) in [6.07, 6.45) is 0.283. The molecule has 1 fully saturated rings. The highest BCUT2D eigenvalue weighted by atomic mass is 32.2. The molecule has 2 heterocycles. The van der Waals surface area contributed by atoms with Gasteiger partial charge in [-0.15, -0.1) is 0 Å². The molecule has 0 unspecified atom stereocenters. The molecule has 100 valence electrons. The standard InChI is InChI=1S/C13H14N2O3S/c1-16-12-4-8(11-5-13(14)15-18-11)2-3-10(12)17-9-6-19-7-9/h2-5,9H,6-7H2,1H3,(H2,14,15). The van der Waals surface area contributed by atoms with Crippen LogP contribution in [0.15, 0.2) is 28.8 Å². The van der Waals surface area contributed by atoms with Gasteiger partial charge in [0.15, 0.2) is 23.1 Å².